The van der Waals surface area contributed by atoms with Crippen LogP contribution in [0.3, 0.4) is 0 Å². The normalized spacial score (nSPS) is 10.4. The number of ether oxygens (including phenoxy) is 1. The van der Waals surface area contributed by atoms with Crippen LogP contribution in [0.25, 0.3) is 0 Å². The van der Waals surface area contributed by atoms with Gasteiger partial charge in [-0.05, 0) is 44.5 Å². The van der Waals surface area contributed by atoms with Gasteiger partial charge in [0.15, 0.2) is 5.69 Å². The smallest absolute Gasteiger partial charge is 0.276 e. The molecule has 0 unspecified atom stereocenters. The summed E-state index contributed by atoms with van der Waals surface area (Å²) in [5.74, 6) is 0.969. The number of hydrogen-bond acceptors (Lipinski definition) is 5. The molecule has 0 radical (unpaired) electrons. The molecule has 0 atom stereocenters. The van der Waals surface area contributed by atoms with Crippen LogP contribution < -0.4 is 15.4 Å². The molecule has 0 saturated carbocycles. The van der Waals surface area contributed by atoms with Crippen LogP contribution in [0.4, 0.5) is 11.5 Å². The standard InChI is InChI=1S/C17H22N4O2/c1-4-11-18-16-10-9-14(20-21-16)17(22)19-13-7-5-6-8-15(13)23-12(2)3/h5-10,12H,4,11H2,1-3H3,(H,18,21)(H,19,22). The first-order valence-electron chi connectivity index (χ1n) is 7.74. The first-order valence-corrected chi connectivity index (χ1v) is 7.74. The highest BCUT2D eigenvalue weighted by molar-refractivity contribution is 6.03. The van der Waals surface area contributed by atoms with E-state index >= 15 is 0 Å². The van der Waals surface area contributed by atoms with E-state index in [2.05, 4.69) is 27.8 Å². The molecule has 6 nitrogen and oxygen atoms in total. The van der Waals surface area contributed by atoms with E-state index in [9.17, 15) is 4.79 Å². The van der Waals surface area contributed by atoms with Gasteiger partial charge in [-0.15, -0.1) is 10.2 Å². The van der Waals surface area contributed by atoms with Gasteiger partial charge in [0.25, 0.3) is 5.91 Å². The second-order valence-electron chi connectivity index (χ2n) is 5.35. The maximum absolute atomic E-state index is 12.3. The Morgan fingerprint density at radius 2 is 1.96 bits per heavy atom. The van der Waals surface area contributed by atoms with E-state index in [0.29, 0.717) is 17.3 Å². The molecule has 2 N–H and O–H groups in total. The lowest BCUT2D eigenvalue weighted by Crippen LogP contribution is -2.16. The molecule has 1 heterocycles. The summed E-state index contributed by atoms with van der Waals surface area (Å²) in [5.41, 5.74) is 0.868. The lowest BCUT2D eigenvalue weighted by molar-refractivity contribution is 0.102. The Labute approximate surface area is 136 Å². The third kappa shape index (κ3) is 4.95. The van der Waals surface area contributed by atoms with Crippen molar-refractivity contribution in [2.24, 2.45) is 0 Å². The minimum atomic E-state index is -0.320. The Hall–Kier alpha value is -2.63. The van der Waals surface area contributed by atoms with E-state index in [-0.39, 0.29) is 17.7 Å². The second kappa shape index (κ2) is 8.12. The summed E-state index contributed by atoms with van der Waals surface area (Å²) in [6.07, 6.45) is 1.02. The number of carbonyl (C=O) groups is 1. The molecule has 23 heavy (non-hydrogen) atoms. The monoisotopic (exact) mass is 314 g/mol. The first-order chi connectivity index (χ1) is 11.1. The van der Waals surface area contributed by atoms with Gasteiger partial charge in [0.05, 0.1) is 11.8 Å². The van der Waals surface area contributed by atoms with Crippen LogP contribution in [0.15, 0.2) is 36.4 Å². The van der Waals surface area contributed by atoms with Crippen molar-refractivity contribution in [2.75, 3.05) is 17.2 Å². The third-order valence-electron chi connectivity index (χ3n) is 2.95. The summed E-state index contributed by atoms with van der Waals surface area (Å²) in [5, 5.41) is 13.9. The molecule has 0 aliphatic heterocycles. The van der Waals surface area contributed by atoms with Crippen molar-refractivity contribution in [1.29, 1.82) is 0 Å². The molecule has 0 fully saturated rings. The van der Waals surface area contributed by atoms with E-state index in [1.807, 2.05) is 32.0 Å². The Balaban J connectivity index is 2.07. The number of hydrogen-bond donors (Lipinski definition) is 2. The van der Waals surface area contributed by atoms with Gasteiger partial charge in [0.2, 0.25) is 0 Å². The van der Waals surface area contributed by atoms with Gasteiger partial charge in [0.1, 0.15) is 11.6 Å². The lowest BCUT2D eigenvalue weighted by atomic mass is 10.2. The van der Waals surface area contributed by atoms with Gasteiger partial charge in [-0.25, -0.2) is 0 Å². The molecular formula is C17H22N4O2. The molecule has 0 aliphatic carbocycles. The minimum absolute atomic E-state index is 0.0248. The van der Waals surface area contributed by atoms with Crippen LogP contribution in [0, 0.1) is 0 Å². The Kier molecular flexibility index (Phi) is 5.91. The fourth-order valence-corrected chi connectivity index (χ4v) is 1.91. The summed E-state index contributed by atoms with van der Waals surface area (Å²) < 4.78 is 5.68. The van der Waals surface area contributed by atoms with Gasteiger partial charge >= 0.3 is 0 Å². The maximum Gasteiger partial charge on any atom is 0.276 e. The highest BCUT2D eigenvalue weighted by Gasteiger charge is 2.12. The first kappa shape index (κ1) is 16.7. The number of anilines is 2. The molecule has 2 rings (SSSR count). The largest absolute Gasteiger partial charge is 0.489 e. The maximum atomic E-state index is 12.3. The lowest BCUT2D eigenvalue weighted by Gasteiger charge is -2.14. The molecule has 0 aliphatic rings. The number of carbonyl (C=O) groups excluding carboxylic acids is 1. The van der Waals surface area contributed by atoms with E-state index in [1.54, 1.807) is 18.2 Å². The van der Waals surface area contributed by atoms with E-state index in [1.165, 1.54) is 0 Å². The van der Waals surface area contributed by atoms with Gasteiger partial charge in [-0.2, -0.15) is 0 Å². The Bertz CT molecular complexity index is 641. The number of aromatic nitrogens is 2. The number of para-hydroxylation sites is 2. The summed E-state index contributed by atoms with van der Waals surface area (Å²) in [7, 11) is 0. The molecule has 0 bridgehead atoms. The fourth-order valence-electron chi connectivity index (χ4n) is 1.91. The van der Waals surface area contributed by atoms with Crippen molar-refractivity contribution < 1.29 is 9.53 Å². The predicted molar refractivity (Wildman–Crippen MR) is 91.0 cm³/mol. The molecular weight excluding hydrogens is 292 g/mol. The summed E-state index contributed by atoms with van der Waals surface area (Å²) in [6, 6.07) is 10.7. The number of nitrogens with zero attached hydrogens (tertiary/aromatic N) is 2. The molecule has 1 amide bonds. The van der Waals surface area contributed by atoms with Gasteiger partial charge in [0, 0.05) is 6.54 Å². The quantitative estimate of drug-likeness (QED) is 0.819. The van der Waals surface area contributed by atoms with Crippen LogP contribution in [0.5, 0.6) is 5.75 Å². The van der Waals surface area contributed by atoms with Gasteiger partial charge < -0.3 is 15.4 Å². The van der Waals surface area contributed by atoms with Crippen molar-refractivity contribution in [3.63, 3.8) is 0 Å². The van der Waals surface area contributed by atoms with Crippen LogP contribution in [0.2, 0.25) is 0 Å². The summed E-state index contributed by atoms with van der Waals surface area (Å²) in [6.45, 7) is 6.76. The van der Waals surface area contributed by atoms with E-state index in [0.717, 1.165) is 13.0 Å². The zero-order valence-corrected chi connectivity index (χ0v) is 13.7. The summed E-state index contributed by atoms with van der Waals surface area (Å²) in [4.78, 5) is 12.3. The van der Waals surface area contributed by atoms with Crippen molar-refractivity contribution in [1.82, 2.24) is 10.2 Å². The predicted octanol–water partition coefficient (Wildman–Crippen LogP) is 3.34. The summed E-state index contributed by atoms with van der Waals surface area (Å²) >= 11 is 0. The van der Waals surface area contributed by atoms with Crippen LogP contribution >= 0.6 is 0 Å². The minimum Gasteiger partial charge on any atom is -0.489 e. The van der Waals surface area contributed by atoms with Gasteiger partial charge in [-0.1, -0.05) is 19.1 Å². The zero-order valence-electron chi connectivity index (χ0n) is 13.7. The molecule has 1 aromatic carbocycles. The topological polar surface area (TPSA) is 76.1 Å². The third-order valence-corrected chi connectivity index (χ3v) is 2.95. The second-order valence-corrected chi connectivity index (χ2v) is 5.35. The van der Waals surface area contributed by atoms with Crippen molar-refractivity contribution in [3.8, 4) is 5.75 Å². The molecule has 0 spiro atoms. The highest BCUT2D eigenvalue weighted by atomic mass is 16.5. The van der Waals surface area contributed by atoms with Gasteiger partial charge in [-0.3, -0.25) is 4.79 Å². The Morgan fingerprint density at radius 1 is 1.17 bits per heavy atom. The van der Waals surface area contributed by atoms with Crippen molar-refractivity contribution in [3.05, 3.63) is 42.1 Å². The van der Waals surface area contributed by atoms with Crippen LogP contribution in [0.1, 0.15) is 37.7 Å². The number of rotatable bonds is 7. The molecule has 122 valence electrons. The average molecular weight is 314 g/mol. The van der Waals surface area contributed by atoms with Crippen molar-refractivity contribution >= 4 is 17.4 Å². The SMILES string of the molecule is CCCNc1ccc(C(=O)Nc2ccccc2OC(C)C)nn1. The average Bonchev–Trinajstić information content (AvgIpc) is 2.54. The van der Waals surface area contributed by atoms with E-state index < -0.39 is 0 Å². The molecule has 0 saturated heterocycles. The highest BCUT2D eigenvalue weighted by Crippen LogP contribution is 2.25. The Morgan fingerprint density at radius 3 is 2.61 bits per heavy atom. The molecule has 1 aromatic heterocycles. The number of benzene rings is 1. The van der Waals surface area contributed by atoms with Crippen molar-refractivity contribution in [2.45, 2.75) is 33.3 Å². The fraction of sp³-hybridized carbons (Fsp3) is 0.353. The zero-order chi connectivity index (χ0) is 16.7. The van der Waals surface area contributed by atoms with Crippen LogP contribution in [-0.2, 0) is 0 Å². The molecule has 6 heteroatoms. The number of amides is 1. The molecule has 2 aromatic rings. The number of nitrogens with one attached hydrogen (secondary N) is 2. The van der Waals surface area contributed by atoms with E-state index in [4.69, 9.17) is 4.74 Å². The van der Waals surface area contributed by atoms with Crippen LogP contribution in [-0.4, -0.2) is 28.8 Å².